The minimum atomic E-state index is -0.373. The van der Waals surface area contributed by atoms with Crippen molar-refractivity contribution in [3.63, 3.8) is 0 Å². The van der Waals surface area contributed by atoms with Crippen LogP contribution in [-0.2, 0) is 0 Å². The predicted molar refractivity (Wildman–Crippen MR) is 118 cm³/mol. The smallest absolute Gasteiger partial charge is 0.410 e. The Kier molecular flexibility index (Phi) is 7.82. The highest BCUT2D eigenvalue weighted by Gasteiger charge is 2.21. The fourth-order valence-corrected chi connectivity index (χ4v) is 3.47. The van der Waals surface area contributed by atoms with E-state index in [4.69, 9.17) is 4.74 Å². The van der Waals surface area contributed by atoms with Gasteiger partial charge in [0, 0.05) is 18.3 Å². The highest BCUT2D eigenvalue weighted by atomic mass is 16.6. The Hall–Kier alpha value is -2.59. The molecule has 0 saturated heterocycles. The van der Waals surface area contributed by atoms with Crippen LogP contribution in [0.2, 0.25) is 0 Å². The van der Waals surface area contributed by atoms with Crippen molar-refractivity contribution in [2.75, 3.05) is 25.5 Å². The van der Waals surface area contributed by atoms with Gasteiger partial charge >= 0.3 is 6.09 Å². The molecule has 1 amide bonds. The number of amides is 1. The maximum Gasteiger partial charge on any atom is 0.419 e. The number of nitrogens with zero attached hydrogens (tertiary/aromatic N) is 2. The zero-order chi connectivity index (χ0) is 20.7. The number of allylic oxidation sites excluding steroid dienone is 1. The van der Waals surface area contributed by atoms with E-state index in [1.165, 1.54) is 5.57 Å². The third-order valence-electron chi connectivity index (χ3n) is 4.60. The Labute approximate surface area is 169 Å². The maximum absolute atomic E-state index is 12.9. The molecule has 0 aliphatic heterocycles. The summed E-state index contributed by atoms with van der Waals surface area (Å²) in [5, 5.41) is 0. The first-order valence-corrected chi connectivity index (χ1v) is 9.81. The summed E-state index contributed by atoms with van der Waals surface area (Å²) in [6.07, 6.45) is 1.76. The molecule has 0 aliphatic rings. The van der Waals surface area contributed by atoms with Crippen LogP contribution in [-0.4, -0.2) is 37.7 Å². The second kappa shape index (κ2) is 10.1. The molecule has 0 unspecified atom stereocenters. The van der Waals surface area contributed by atoms with E-state index in [1.807, 2.05) is 62.4 Å². The van der Waals surface area contributed by atoms with E-state index in [0.29, 0.717) is 11.7 Å². The highest BCUT2D eigenvalue weighted by Crippen LogP contribution is 2.27. The van der Waals surface area contributed by atoms with E-state index in [-0.39, 0.29) is 12.1 Å². The minimum Gasteiger partial charge on any atom is -0.410 e. The Morgan fingerprint density at radius 1 is 1.04 bits per heavy atom. The number of hydrogen-bond donors (Lipinski definition) is 0. The van der Waals surface area contributed by atoms with Crippen molar-refractivity contribution < 1.29 is 9.53 Å². The molecule has 1 atom stereocenters. The molecule has 150 valence electrons. The molecule has 2 aromatic carbocycles. The average molecular weight is 381 g/mol. The molecular weight excluding hydrogens is 348 g/mol. The molecule has 4 heteroatoms. The molecule has 0 aliphatic carbocycles. The van der Waals surface area contributed by atoms with Crippen molar-refractivity contribution in [3.8, 4) is 5.75 Å². The molecule has 0 spiro atoms. The van der Waals surface area contributed by atoms with Crippen LogP contribution in [0.15, 0.2) is 60.7 Å². The van der Waals surface area contributed by atoms with Crippen LogP contribution in [0, 0.1) is 5.92 Å². The van der Waals surface area contributed by atoms with Gasteiger partial charge in [0.25, 0.3) is 0 Å². The van der Waals surface area contributed by atoms with E-state index >= 15 is 0 Å². The summed E-state index contributed by atoms with van der Waals surface area (Å²) in [5.41, 5.74) is 3.15. The van der Waals surface area contributed by atoms with Crippen molar-refractivity contribution in [1.82, 2.24) is 4.90 Å². The van der Waals surface area contributed by atoms with Gasteiger partial charge in [-0.3, -0.25) is 4.90 Å². The van der Waals surface area contributed by atoms with E-state index in [0.717, 1.165) is 17.8 Å². The molecule has 2 rings (SSSR count). The van der Waals surface area contributed by atoms with Gasteiger partial charge in [-0.1, -0.05) is 43.3 Å². The first kappa shape index (κ1) is 21.7. The number of para-hydroxylation sites is 1. The van der Waals surface area contributed by atoms with Crippen molar-refractivity contribution in [3.05, 3.63) is 66.2 Å². The number of hydrogen-bond acceptors (Lipinski definition) is 3. The SMILES string of the molecule is C/C=C(\c1cccc(OC(=O)N(c2ccccc2)C(C)C)c1)[C@H](C)CN(C)C. The van der Waals surface area contributed by atoms with Crippen LogP contribution in [0.1, 0.15) is 33.3 Å². The first-order chi connectivity index (χ1) is 13.3. The quantitative estimate of drug-likeness (QED) is 0.617. The monoisotopic (exact) mass is 380 g/mol. The maximum atomic E-state index is 12.9. The lowest BCUT2D eigenvalue weighted by molar-refractivity contribution is 0.206. The van der Waals surface area contributed by atoms with Crippen LogP contribution in [0.3, 0.4) is 0 Å². The molecule has 28 heavy (non-hydrogen) atoms. The van der Waals surface area contributed by atoms with Crippen molar-refractivity contribution >= 4 is 17.4 Å². The van der Waals surface area contributed by atoms with Crippen LogP contribution in [0.5, 0.6) is 5.75 Å². The van der Waals surface area contributed by atoms with Gasteiger partial charge in [-0.05, 0) is 76.2 Å². The largest absolute Gasteiger partial charge is 0.419 e. The van der Waals surface area contributed by atoms with Gasteiger partial charge in [0.15, 0.2) is 0 Å². The van der Waals surface area contributed by atoms with Crippen molar-refractivity contribution in [2.45, 2.75) is 33.7 Å². The van der Waals surface area contributed by atoms with Gasteiger partial charge in [0.1, 0.15) is 5.75 Å². The van der Waals surface area contributed by atoms with Crippen LogP contribution >= 0.6 is 0 Å². The average Bonchev–Trinajstić information content (AvgIpc) is 2.62. The van der Waals surface area contributed by atoms with Crippen LogP contribution in [0.25, 0.3) is 5.57 Å². The highest BCUT2D eigenvalue weighted by molar-refractivity contribution is 5.89. The molecule has 0 heterocycles. The van der Waals surface area contributed by atoms with E-state index in [1.54, 1.807) is 4.90 Å². The molecule has 0 N–H and O–H groups in total. The normalized spacial score (nSPS) is 12.9. The second-order valence-electron chi connectivity index (χ2n) is 7.60. The molecule has 0 fully saturated rings. The lowest BCUT2D eigenvalue weighted by atomic mass is 9.93. The van der Waals surface area contributed by atoms with Gasteiger partial charge in [-0.25, -0.2) is 4.79 Å². The van der Waals surface area contributed by atoms with Gasteiger partial charge in [0.05, 0.1) is 0 Å². The lowest BCUT2D eigenvalue weighted by Gasteiger charge is -2.26. The fraction of sp³-hybridized carbons (Fsp3) is 0.375. The summed E-state index contributed by atoms with van der Waals surface area (Å²) in [4.78, 5) is 16.7. The number of carbonyl (C=O) groups excluding carboxylic acids is 1. The van der Waals surface area contributed by atoms with Crippen LogP contribution in [0.4, 0.5) is 10.5 Å². The van der Waals surface area contributed by atoms with Gasteiger partial charge in [-0.2, -0.15) is 0 Å². The molecule has 4 nitrogen and oxygen atoms in total. The van der Waals surface area contributed by atoms with E-state index in [2.05, 4.69) is 45.0 Å². The Morgan fingerprint density at radius 3 is 2.29 bits per heavy atom. The van der Waals surface area contributed by atoms with Crippen molar-refractivity contribution in [2.24, 2.45) is 5.92 Å². The lowest BCUT2D eigenvalue weighted by Crippen LogP contribution is -2.39. The van der Waals surface area contributed by atoms with Gasteiger partial charge in [-0.15, -0.1) is 0 Å². The summed E-state index contributed by atoms with van der Waals surface area (Å²) in [7, 11) is 4.15. The number of carbonyl (C=O) groups is 1. The standard InChI is InChI=1S/C24H32N2O2/c1-7-23(19(4)17-25(5)6)20-12-11-15-22(16-20)28-24(27)26(18(2)3)21-13-9-8-10-14-21/h7-16,18-19H,17H2,1-6H3/b23-7-/t19-/m1/s1. The first-order valence-electron chi connectivity index (χ1n) is 9.81. The molecular formula is C24H32N2O2. The molecule has 0 aromatic heterocycles. The summed E-state index contributed by atoms with van der Waals surface area (Å²) < 4.78 is 5.74. The summed E-state index contributed by atoms with van der Waals surface area (Å²) in [6, 6.07) is 17.4. The topological polar surface area (TPSA) is 32.8 Å². The Bertz CT molecular complexity index is 797. The fourth-order valence-electron chi connectivity index (χ4n) is 3.47. The van der Waals surface area contributed by atoms with Gasteiger partial charge in [0.2, 0.25) is 0 Å². The summed E-state index contributed by atoms with van der Waals surface area (Å²) >= 11 is 0. The second-order valence-corrected chi connectivity index (χ2v) is 7.60. The number of anilines is 1. The van der Waals surface area contributed by atoms with Crippen molar-refractivity contribution in [1.29, 1.82) is 0 Å². The third-order valence-corrected chi connectivity index (χ3v) is 4.60. The molecule has 2 aromatic rings. The zero-order valence-corrected chi connectivity index (χ0v) is 17.8. The molecule has 0 bridgehead atoms. The summed E-state index contributed by atoms with van der Waals surface area (Å²) in [6.45, 7) is 9.18. The minimum absolute atomic E-state index is 0.00991. The Balaban J connectivity index is 2.22. The predicted octanol–water partition coefficient (Wildman–Crippen LogP) is 5.70. The summed E-state index contributed by atoms with van der Waals surface area (Å²) in [5.74, 6) is 0.933. The third kappa shape index (κ3) is 5.70. The molecule has 0 saturated carbocycles. The number of benzene rings is 2. The van der Waals surface area contributed by atoms with Crippen LogP contribution < -0.4 is 9.64 Å². The zero-order valence-electron chi connectivity index (χ0n) is 17.8. The molecule has 0 radical (unpaired) electrons. The number of ether oxygens (including phenoxy) is 1. The Morgan fingerprint density at radius 2 is 1.71 bits per heavy atom. The number of rotatable bonds is 7. The van der Waals surface area contributed by atoms with E-state index < -0.39 is 0 Å². The van der Waals surface area contributed by atoms with Gasteiger partial charge < -0.3 is 9.64 Å². The van der Waals surface area contributed by atoms with E-state index in [9.17, 15) is 4.79 Å².